The zero-order valence-corrected chi connectivity index (χ0v) is 8.60. The summed E-state index contributed by atoms with van der Waals surface area (Å²) >= 11 is 1.99. The molecule has 1 fully saturated rings. The fraction of sp³-hybridized carbons (Fsp3) is 0.500. The molecule has 1 aliphatic heterocycles. The fourth-order valence-electron chi connectivity index (χ4n) is 1.37. The van der Waals surface area contributed by atoms with Gasteiger partial charge in [-0.25, -0.2) is 4.98 Å². The molecule has 1 aromatic rings. The van der Waals surface area contributed by atoms with Crippen LogP contribution >= 0.6 is 11.8 Å². The van der Waals surface area contributed by atoms with Crippen molar-refractivity contribution in [3.63, 3.8) is 0 Å². The molecule has 0 spiro atoms. The van der Waals surface area contributed by atoms with E-state index in [1.54, 1.807) is 0 Å². The Morgan fingerprint density at radius 2 is 2.46 bits per heavy atom. The Balaban J connectivity index is 2.08. The van der Waals surface area contributed by atoms with Gasteiger partial charge in [0.2, 0.25) is 0 Å². The molecule has 70 valence electrons. The molecule has 0 saturated carbocycles. The van der Waals surface area contributed by atoms with Crippen LogP contribution in [0.2, 0.25) is 0 Å². The van der Waals surface area contributed by atoms with Crippen molar-refractivity contribution in [3.8, 4) is 0 Å². The predicted molar refractivity (Wildman–Crippen MR) is 58.4 cm³/mol. The van der Waals surface area contributed by atoms with Crippen molar-refractivity contribution in [2.24, 2.45) is 0 Å². The minimum atomic E-state index is 0.644. The second-order valence-corrected chi connectivity index (χ2v) is 4.32. The molecular formula is C10H14N2S. The second-order valence-electron chi connectivity index (χ2n) is 3.24. The van der Waals surface area contributed by atoms with Gasteiger partial charge < -0.3 is 5.32 Å². The van der Waals surface area contributed by atoms with Crippen LogP contribution in [0.3, 0.4) is 0 Å². The highest BCUT2D eigenvalue weighted by molar-refractivity contribution is 8.00. The van der Waals surface area contributed by atoms with E-state index in [9.17, 15) is 0 Å². The summed E-state index contributed by atoms with van der Waals surface area (Å²) in [6, 6.07) is 4.78. The van der Waals surface area contributed by atoms with Crippen molar-refractivity contribution in [3.05, 3.63) is 23.9 Å². The molecule has 0 unspecified atom stereocenters. The Morgan fingerprint density at radius 3 is 3.08 bits per heavy atom. The summed E-state index contributed by atoms with van der Waals surface area (Å²) in [6.07, 6.45) is 2.91. The maximum absolute atomic E-state index is 4.35. The maximum atomic E-state index is 4.35. The van der Waals surface area contributed by atoms with Crippen LogP contribution in [-0.2, 0) is 6.42 Å². The number of thioether (sulfide) groups is 1. The molecule has 1 saturated heterocycles. The van der Waals surface area contributed by atoms with Gasteiger partial charge in [0.15, 0.2) is 0 Å². The minimum Gasteiger partial charge on any atom is -0.365 e. The van der Waals surface area contributed by atoms with Crippen LogP contribution in [0.5, 0.6) is 0 Å². The molecule has 3 heteroatoms. The molecule has 2 nitrogen and oxygen atoms in total. The van der Waals surface area contributed by atoms with E-state index in [0.717, 1.165) is 12.2 Å². The molecule has 0 amide bonds. The third-order valence-corrected chi connectivity index (χ3v) is 3.53. The van der Waals surface area contributed by atoms with Gasteiger partial charge >= 0.3 is 0 Å². The average molecular weight is 194 g/mol. The van der Waals surface area contributed by atoms with Gasteiger partial charge in [0.25, 0.3) is 0 Å². The van der Waals surface area contributed by atoms with E-state index >= 15 is 0 Å². The molecule has 1 aromatic heterocycles. The van der Waals surface area contributed by atoms with Gasteiger partial charge in [0.05, 0.1) is 0 Å². The number of rotatable bonds is 3. The van der Waals surface area contributed by atoms with Crippen molar-refractivity contribution in [1.82, 2.24) is 4.98 Å². The van der Waals surface area contributed by atoms with E-state index in [1.165, 1.54) is 17.1 Å². The minimum absolute atomic E-state index is 0.644. The van der Waals surface area contributed by atoms with E-state index in [-0.39, 0.29) is 0 Å². The largest absolute Gasteiger partial charge is 0.365 e. The smallest absolute Gasteiger partial charge is 0.129 e. The number of aryl methyl sites for hydroxylation is 1. The number of aromatic nitrogens is 1. The SMILES string of the molecule is CCc1cccnc1NC1CSC1. The predicted octanol–water partition coefficient (Wildman–Crippen LogP) is 2.17. The van der Waals surface area contributed by atoms with E-state index in [4.69, 9.17) is 0 Å². The van der Waals surface area contributed by atoms with Crippen LogP contribution in [0.15, 0.2) is 18.3 Å². The van der Waals surface area contributed by atoms with Gasteiger partial charge in [-0.1, -0.05) is 13.0 Å². The molecule has 0 radical (unpaired) electrons. The first-order chi connectivity index (χ1) is 6.40. The van der Waals surface area contributed by atoms with Gasteiger partial charge in [0, 0.05) is 23.7 Å². The van der Waals surface area contributed by atoms with Gasteiger partial charge in [-0.3, -0.25) is 0 Å². The number of hydrogen-bond acceptors (Lipinski definition) is 3. The van der Waals surface area contributed by atoms with E-state index < -0.39 is 0 Å². The molecule has 0 atom stereocenters. The Bertz CT molecular complexity index is 284. The van der Waals surface area contributed by atoms with Crippen molar-refractivity contribution in [2.45, 2.75) is 19.4 Å². The highest BCUT2D eigenvalue weighted by Gasteiger charge is 2.18. The van der Waals surface area contributed by atoms with Crippen LogP contribution in [0, 0.1) is 0 Å². The molecule has 0 aliphatic carbocycles. The lowest BCUT2D eigenvalue weighted by atomic mass is 10.2. The van der Waals surface area contributed by atoms with E-state index in [0.29, 0.717) is 6.04 Å². The van der Waals surface area contributed by atoms with Crippen molar-refractivity contribution in [1.29, 1.82) is 0 Å². The third-order valence-electron chi connectivity index (χ3n) is 2.25. The van der Waals surface area contributed by atoms with Gasteiger partial charge in [-0.05, 0) is 18.1 Å². The van der Waals surface area contributed by atoms with Crippen LogP contribution in [0.4, 0.5) is 5.82 Å². The first kappa shape index (κ1) is 8.88. The van der Waals surface area contributed by atoms with Crippen LogP contribution < -0.4 is 5.32 Å². The molecule has 1 aliphatic rings. The first-order valence-electron chi connectivity index (χ1n) is 4.68. The zero-order valence-electron chi connectivity index (χ0n) is 7.79. The van der Waals surface area contributed by atoms with Crippen LogP contribution in [-0.4, -0.2) is 22.5 Å². The number of pyridine rings is 1. The summed E-state index contributed by atoms with van der Waals surface area (Å²) < 4.78 is 0. The van der Waals surface area contributed by atoms with Crippen LogP contribution in [0.25, 0.3) is 0 Å². The van der Waals surface area contributed by atoms with Crippen LogP contribution in [0.1, 0.15) is 12.5 Å². The lowest BCUT2D eigenvalue weighted by Crippen LogP contribution is -2.33. The Labute approximate surface area is 83.1 Å². The summed E-state index contributed by atoms with van der Waals surface area (Å²) in [4.78, 5) is 4.35. The summed E-state index contributed by atoms with van der Waals surface area (Å²) in [5.74, 6) is 3.52. The van der Waals surface area contributed by atoms with Gasteiger partial charge in [-0.2, -0.15) is 11.8 Å². The normalized spacial score (nSPS) is 16.7. The summed E-state index contributed by atoms with van der Waals surface area (Å²) in [7, 11) is 0. The number of nitrogens with zero attached hydrogens (tertiary/aromatic N) is 1. The quantitative estimate of drug-likeness (QED) is 0.798. The van der Waals surface area contributed by atoms with E-state index in [1.807, 2.05) is 24.0 Å². The van der Waals surface area contributed by atoms with Gasteiger partial charge in [0.1, 0.15) is 5.82 Å². The lowest BCUT2D eigenvalue weighted by Gasteiger charge is -2.27. The Hall–Kier alpha value is -0.700. The molecule has 2 rings (SSSR count). The summed E-state index contributed by atoms with van der Waals surface area (Å²) in [5, 5.41) is 3.47. The monoisotopic (exact) mass is 194 g/mol. The molecular weight excluding hydrogens is 180 g/mol. The highest BCUT2D eigenvalue weighted by Crippen LogP contribution is 2.22. The van der Waals surface area contributed by atoms with Crippen molar-refractivity contribution in [2.75, 3.05) is 16.8 Å². The third kappa shape index (κ3) is 1.97. The highest BCUT2D eigenvalue weighted by atomic mass is 32.2. The molecule has 0 bridgehead atoms. The van der Waals surface area contributed by atoms with Gasteiger partial charge in [-0.15, -0.1) is 0 Å². The molecule has 1 N–H and O–H groups in total. The Morgan fingerprint density at radius 1 is 1.62 bits per heavy atom. The molecule has 2 heterocycles. The fourth-order valence-corrected chi connectivity index (χ4v) is 2.00. The maximum Gasteiger partial charge on any atom is 0.129 e. The Kier molecular flexibility index (Phi) is 2.74. The number of nitrogens with one attached hydrogen (secondary N) is 1. The molecule has 0 aromatic carbocycles. The zero-order chi connectivity index (χ0) is 9.10. The van der Waals surface area contributed by atoms with E-state index in [2.05, 4.69) is 23.3 Å². The second kappa shape index (κ2) is 4.01. The lowest BCUT2D eigenvalue weighted by molar-refractivity contribution is 0.866. The number of hydrogen-bond donors (Lipinski definition) is 1. The first-order valence-corrected chi connectivity index (χ1v) is 5.84. The topological polar surface area (TPSA) is 24.9 Å². The van der Waals surface area contributed by atoms with Crippen molar-refractivity contribution >= 4 is 17.6 Å². The summed E-state index contributed by atoms with van der Waals surface area (Å²) in [5.41, 5.74) is 1.32. The van der Waals surface area contributed by atoms with Crippen molar-refractivity contribution < 1.29 is 0 Å². The summed E-state index contributed by atoms with van der Waals surface area (Å²) in [6.45, 7) is 2.16. The standard InChI is InChI=1S/C10H14N2S/c1-2-8-4-3-5-11-10(8)12-9-6-13-7-9/h3-5,9H,2,6-7H2,1H3,(H,11,12). The number of anilines is 1. The average Bonchev–Trinajstić information content (AvgIpc) is 2.12. The molecule has 13 heavy (non-hydrogen) atoms.